The van der Waals surface area contributed by atoms with Gasteiger partial charge in [0.15, 0.2) is 5.65 Å². The van der Waals surface area contributed by atoms with Gasteiger partial charge in [-0.2, -0.15) is 5.10 Å². The molecule has 180 valence electrons. The average Bonchev–Trinajstić information content (AvgIpc) is 3.15. The minimum absolute atomic E-state index is 0.197. The first kappa shape index (κ1) is 23.7. The molecule has 0 radical (unpaired) electrons. The number of rotatable bonds is 7. The number of carbonyl (C=O) groups is 1. The summed E-state index contributed by atoms with van der Waals surface area (Å²) in [7, 11) is 0. The molecular weight excluding hydrogens is 457 g/mol. The number of likely N-dealkylation sites (tertiary alicyclic amines) is 1. The van der Waals surface area contributed by atoms with E-state index in [2.05, 4.69) is 14.8 Å². The molecule has 3 aromatic rings. The van der Waals surface area contributed by atoms with Crippen molar-refractivity contribution in [3.8, 4) is 11.4 Å². The Kier molecular flexibility index (Phi) is 6.55. The SMILES string of the molecule is O=C(/C=C/CO)N1CC(c2nn(-c3ccc(OC(F)(F)F)cc3)c3nccc([C@H](O)CO)c23)C1. The van der Waals surface area contributed by atoms with Gasteiger partial charge in [-0.3, -0.25) is 4.79 Å². The van der Waals surface area contributed by atoms with Crippen LogP contribution in [0.15, 0.2) is 48.7 Å². The average molecular weight is 478 g/mol. The molecule has 0 saturated carbocycles. The molecule has 1 atom stereocenters. The Balaban J connectivity index is 1.72. The molecule has 34 heavy (non-hydrogen) atoms. The van der Waals surface area contributed by atoms with Crippen LogP contribution in [0.2, 0.25) is 0 Å². The molecule has 2 aromatic heterocycles. The van der Waals surface area contributed by atoms with Crippen LogP contribution in [0, 0.1) is 0 Å². The van der Waals surface area contributed by atoms with Gasteiger partial charge >= 0.3 is 6.36 Å². The lowest BCUT2D eigenvalue weighted by Gasteiger charge is -2.38. The molecule has 12 heteroatoms. The molecule has 3 N–H and O–H groups in total. The molecular formula is C22H21F3N4O5. The fourth-order valence-corrected chi connectivity index (χ4v) is 3.81. The second kappa shape index (κ2) is 9.41. The van der Waals surface area contributed by atoms with Crippen LogP contribution in [0.4, 0.5) is 13.2 Å². The van der Waals surface area contributed by atoms with E-state index in [0.717, 1.165) is 12.1 Å². The number of amides is 1. The highest BCUT2D eigenvalue weighted by atomic mass is 19.4. The molecule has 3 heterocycles. The van der Waals surface area contributed by atoms with Gasteiger partial charge in [-0.25, -0.2) is 9.67 Å². The van der Waals surface area contributed by atoms with E-state index in [4.69, 9.17) is 5.11 Å². The van der Waals surface area contributed by atoms with Crippen molar-refractivity contribution < 1.29 is 38.0 Å². The Morgan fingerprint density at radius 1 is 1.21 bits per heavy atom. The van der Waals surface area contributed by atoms with Crippen molar-refractivity contribution >= 4 is 16.9 Å². The number of fused-ring (bicyclic) bond motifs is 1. The third kappa shape index (κ3) is 4.74. The predicted molar refractivity (Wildman–Crippen MR) is 113 cm³/mol. The summed E-state index contributed by atoms with van der Waals surface area (Å²) in [6.07, 6.45) is -1.96. The Hall–Kier alpha value is -3.48. The highest BCUT2D eigenvalue weighted by Crippen LogP contribution is 2.36. The third-order valence-corrected chi connectivity index (χ3v) is 5.42. The van der Waals surface area contributed by atoms with Crippen molar-refractivity contribution in [1.82, 2.24) is 19.7 Å². The van der Waals surface area contributed by atoms with Crippen molar-refractivity contribution in [2.24, 2.45) is 0 Å². The van der Waals surface area contributed by atoms with Gasteiger partial charge < -0.3 is 25.0 Å². The summed E-state index contributed by atoms with van der Waals surface area (Å²) in [4.78, 5) is 18.0. The maximum absolute atomic E-state index is 12.5. The summed E-state index contributed by atoms with van der Waals surface area (Å²) in [6.45, 7) is -0.112. The van der Waals surface area contributed by atoms with Crippen LogP contribution >= 0.6 is 0 Å². The van der Waals surface area contributed by atoms with Crippen LogP contribution in [0.25, 0.3) is 16.7 Å². The number of benzene rings is 1. The zero-order valence-electron chi connectivity index (χ0n) is 17.7. The zero-order chi connectivity index (χ0) is 24.5. The summed E-state index contributed by atoms with van der Waals surface area (Å²) in [5.41, 5.74) is 1.69. The van der Waals surface area contributed by atoms with Crippen LogP contribution in [0.5, 0.6) is 5.75 Å². The predicted octanol–water partition coefficient (Wildman–Crippen LogP) is 1.82. The lowest BCUT2D eigenvalue weighted by atomic mass is 9.92. The maximum atomic E-state index is 12.5. The number of hydrogen-bond donors (Lipinski definition) is 3. The number of ether oxygens (including phenoxy) is 1. The van der Waals surface area contributed by atoms with E-state index >= 15 is 0 Å². The van der Waals surface area contributed by atoms with E-state index in [1.807, 2.05) is 0 Å². The molecule has 0 aliphatic carbocycles. The lowest BCUT2D eigenvalue weighted by molar-refractivity contribution is -0.274. The molecule has 1 aliphatic rings. The summed E-state index contributed by atoms with van der Waals surface area (Å²) >= 11 is 0. The largest absolute Gasteiger partial charge is 0.573 e. The van der Waals surface area contributed by atoms with Crippen molar-refractivity contribution in [3.63, 3.8) is 0 Å². The number of aliphatic hydroxyl groups is 3. The van der Waals surface area contributed by atoms with Crippen LogP contribution in [-0.4, -0.2) is 73.6 Å². The van der Waals surface area contributed by atoms with E-state index in [0.29, 0.717) is 41.1 Å². The third-order valence-electron chi connectivity index (χ3n) is 5.42. The highest BCUT2D eigenvalue weighted by molar-refractivity contribution is 5.89. The van der Waals surface area contributed by atoms with Gasteiger partial charge in [-0.1, -0.05) is 6.08 Å². The fraction of sp³-hybridized carbons (Fsp3) is 0.318. The molecule has 0 spiro atoms. The Bertz CT molecular complexity index is 1200. The monoisotopic (exact) mass is 478 g/mol. The first-order valence-electron chi connectivity index (χ1n) is 10.3. The standard InChI is InChI=1S/C22H21F3N4O5/c23-22(24,25)34-15-5-3-14(4-6-15)29-21-19(16(7-8-26-21)17(32)12-31)20(27-29)13-10-28(11-13)18(33)2-1-9-30/h1-8,13,17,30-32H,9-12H2/b2-1+/t17-/m1/s1. The van der Waals surface area contributed by atoms with E-state index in [-0.39, 0.29) is 24.2 Å². The number of aliphatic hydroxyl groups excluding tert-OH is 3. The van der Waals surface area contributed by atoms with Crippen LogP contribution < -0.4 is 4.74 Å². The van der Waals surface area contributed by atoms with Gasteiger partial charge in [0.05, 0.1) is 24.6 Å². The first-order valence-corrected chi connectivity index (χ1v) is 10.3. The van der Waals surface area contributed by atoms with E-state index in [9.17, 15) is 28.2 Å². The van der Waals surface area contributed by atoms with Gasteiger partial charge in [0.1, 0.15) is 11.9 Å². The van der Waals surface area contributed by atoms with E-state index in [1.165, 1.54) is 35.2 Å². The summed E-state index contributed by atoms with van der Waals surface area (Å²) in [5, 5.41) is 33.8. The topological polar surface area (TPSA) is 121 Å². The van der Waals surface area contributed by atoms with Gasteiger partial charge in [-0.15, -0.1) is 13.2 Å². The first-order chi connectivity index (χ1) is 16.2. The number of carbonyl (C=O) groups excluding carboxylic acids is 1. The number of hydrogen-bond acceptors (Lipinski definition) is 7. The normalized spacial score (nSPS) is 15.6. The molecule has 1 amide bonds. The van der Waals surface area contributed by atoms with E-state index < -0.39 is 19.1 Å². The maximum Gasteiger partial charge on any atom is 0.573 e. The number of nitrogens with zero attached hydrogens (tertiary/aromatic N) is 4. The van der Waals surface area contributed by atoms with Gasteiger partial charge in [0, 0.05) is 36.7 Å². The summed E-state index contributed by atoms with van der Waals surface area (Å²) in [6, 6.07) is 6.65. The van der Waals surface area contributed by atoms with Crippen LogP contribution in [0.3, 0.4) is 0 Å². The van der Waals surface area contributed by atoms with Gasteiger partial charge in [0.2, 0.25) is 5.91 Å². The smallest absolute Gasteiger partial charge is 0.406 e. The van der Waals surface area contributed by atoms with Crippen molar-refractivity contribution in [2.75, 3.05) is 26.3 Å². The summed E-state index contributed by atoms with van der Waals surface area (Å²) < 4.78 is 42.8. The quantitative estimate of drug-likeness (QED) is 0.443. The minimum Gasteiger partial charge on any atom is -0.406 e. The lowest BCUT2D eigenvalue weighted by Crippen LogP contribution is -2.48. The minimum atomic E-state index is -4.82. The molecule has 9 nitrogen and oxygen atoms in total. The highest BCUT2D eigenvalue weighted by Gasteiger charge is 2.36. The molecule has 0 bridgehead atoms. The number of alkyl halides is 3. The van der Waals surface area contributed by atoms with Crippen molar-refractivity contribution in [3.05, 3.63) is 59.9 Å². The molecule has 1 aliphatic heterocycles. The van der Waals surface area contributed by atoms with Crippen molar-refractivity contribution in [1.29, 1.82) is 0 Å². The number of halogens is 3. The van der Waals surface area contributed by atoms with Gasteiger partial charge in [0.25, 0.3) is 0 Å². The fourth-order valence-electron chi connectivity index (χ4n) is 3.81. The molecule has 0 unspecified atom stereocenters. The second-order valence-corrected chi connectivity index (χ2v) is 7.66. The van der Waals surface area contributed by atoms with Crippen molar-refractivity contribution in [2.45, 2.75) is 18.4 Å². The Morgan fingerprint density at radius 3 is 2.53 bits per heavy atom. The van der Waals surface area contributed by atoms with Gasteiger partial charge in [-0.05, 0) is 35.9 Å². The van der Waals surface area contributed by atoms with E-state index in [1.54, 1.807) is 11.0 Å². The Labute approximate surface area is 191 Å². The van der Waals surface area contributed by atoms with Crippen LogP contribution in [0.1, 0.15) is 23.3 Å². The molecule has 4 rings (SSSR count). The Morgan fingerprint density at radius 2 is 1.91 bits per heavy atom. The second-order valence-electron chi connectivity index (χ2n) is 7.66. The van der Waals surface area contributed by atoms with Crippen LogP contribution in [-0.2, 0) is 4.79 Å². The number of aromatic nitrogens is 3. The molecule has 1 fully saturated rings. The molecule has 1 saturated heterocycles. The summed E-state index contributed by atoms with van der Waals surface area (Å²) in [5.74, 6) is -0.846. The zero-order valence-corrected chi connectivity index (χ0v) is 17.7. The molecule has 1 aromatic carbocycles. The number of pyridine rings is 1.